The molecule has 0 bridgehead atoms. The van der Waals surface area contributed by atoms with Crippen LogP contribution in [0, 0.1) is 0 Å². The third kappa shape index (κ3) is 3.28. The van der Waals surface area contributed by atoms with Gasteiger partial charge in [0.2, 0.25) is 0 Å². The van der Waals surface area contributed by atoms with Gasteiger partial charge >= 0.3 is 0 Å². The molecule has 0 atom stereocenters. The van der Waals surface area contributed by atoms with Crippen LogP contribution in [0.2, 0.25) is 0 Å². The van der Waals surface area contributed by atoms with Crippen LogP contribution in [0.15, 0.2) is 71.9 Å². The molecule has 3 aromatic heterocycles. The first-order valence-electron chi connectivity index (χ1n) is 11.0. The van der Waals surface area contributed by atoms with E-state index in [0.29, 0.717) is 31.1 Å². The molecule has 1 amide bonds. The number of carbonyl (C=O) groups excluding carboxylic acids is 1. The molecule has 0 spiro atoms. The number of aromatic nitrogens is 3. The first-order chi connectivity index (χ1) is 15.7. The van der Waals surface area contributed by atoms with Crippen molar-refractivity contribution in [1.82, 2.24) is 19.4 Å². The van der Waals surface area contributed by atoms with E-state index < -0.39 is 0 Å². The predicted octanol–water partition coefficient (Wildman–Crippen LogP) is 3.99. The molecule has 4 heterocycles. The number of hydrogen-bond acceptors (Lipinski definition) is 4. The van der Waals surface area contributed by atoms with E-state index in [1.165, 1.54) is 0 Å². The van der Waals surface area contributed by atoms with Crippen molar-refractivity contribution in [3.05, 3.63) is 94.2 Å². The Morgan fingerprint density at radius 3 is 2.62 bits per heavy atom. The lowest BCUT2D eigenvalue weighted by Gasteiger charge is -2.29. The molecular formula is C26H22N4O2. The lowest BCUT2D eigenvalue weighted by Crippen LogP contribution is -2.37. The number of pyridine rings is 3. The number of para-hydroxylation sites is 1. The zero-order valence-corrected chi connectivity index (χ0v) is 17.6. The quantitative estimate of drug-likeness (QED) is 0.501. The smallest absolute Gasteiger partial charge is 0.254 e. The Balaban J connectivity index is 1.40. The van der Waals surface area contributed by atoms with E-state index in [4.69, 9.17) is 4.98 Å². The molecule has 1 aliphatic heterocycles. The molecule has 4 aromatic rings. The van der Waals surface area contributed by atoms with Crippen LogP contribution in [0.3, 0.4) is 0 Å². The summed E-state index contributed by atoms with van der Waals surface area (Å²) in [5, 5.41) is 0.851. The van der Waals surface area contributed by atoms with Crippen LogP contribution in [-0.2, 0) is 13.0 Å². The second-order valence-corrected chi connectivity index (χ2v) is 8.59. The van der Waals surface area contributed by atoms with E-state index in [2.05, 4.69) is 4.98 Å². The molecule has 1 saturated carbocycles. The van der Waals surface area contributed by atoms with Crippen molar-refractivity contribution < 1.29 is 4.79 Å². The number of carbonyl (C=O) groups is 1. The number of nitrogens with zero attached hydrogens (tertiary/aromatic N) is 4. The van der Waals surface area contributed by atoms with Gasteiger partial charge in [0.25, 0.3) is 11.5 Å². The highest BCUT2D eigenvalue weighted by molar-refractivity contribution is 6.07. The zero-order valence-electron chi connectivity index (χ0n) is 17.6. The second kappa shape index (κ2) is 7.41. The van der Waals surface area contributed by atoms with Crippen LogP contribution in [0.25, 0.3) is 22.2 Å². The highest BCUT2D eigenvalue weighted by Gasteiger charge is 2.28. The first-order valence-corrected chi connectivity index (χ1v) is 11.0. The van der Waals surface area contributed by atoms with Crippen molar-refractivity contribution in [2.45, 2.75) is 31.8 Å². The molecule has 32 heavy (non-hydrogen) atoms. The van der Waals surface area contributed by atoms with Crippen molar-refractivity contribution in [3.8, 4) is 11.3 Å². The highest BCUT2D eigenvalue weighted by Crippen LogP contribution is 2.34. The Morgan fingerprint density at radius 1 is 1.00 bits per heavy atom. The predicted molar refractivity (Wildman–Crippen MR) is 122 cm³/mol. The minimum absolute atomic E-state index is 0.00581. The van der Waals surface area contributed by atoms with Crippen molar-refractivity contribution >= 4 is 16.8 Å². The van der Waals surface area contributed by atoms with Crippen LogP contribution in [0.5, 0.6) is 0 Å². The fourth-order valence-corrected chi connectivity index (χ4v) is 4.55. The van der Waals surface area contributed by atoms with Crippen LogP contribution in [-0.4, -0.2) is 31.9 Å². The molecule has 6 rings (SSSR count). The fourth-order valence-electron chi connectivity index (χ4n) is 4.55. The number of fused-ring (bicyclic) bond motifs is 2. The largest absolute Gasteiger partial charge is 0.334 e. The molecule has 0 N–H and O–H groups in total. The molecule has 0 radical (unpaired) electrons. The summed E-state index contributed by atoms with van der Waals surface area (Å²) in [6.45, 7) is 1.11. The highest BCUT2D eigenvalue weighted by atomic mass is 16.2. The molecule has 158 valence electrons. The molecule has 6 heteroatoms. The van der Waals surface area contributed by atoms with Crippen molar-refractivity contribution in [1.29, 1.82) is 0 Å². The lowest BCUT2D eigenvalue weighted by molar-refractivity contribution is 0.0736. The minimum Gasteiger partial charge on any atom is -0.334 e. The summed E-state index contributed by atoms with van der Waals surface area (Å²) in [5.41, 5.74) is 5.35. The molecule has 2 aliphatic rings. The first kappa shape index (κ1) is 18.9. The van der Waals surface area contributed by atoms with Gasteiger partial charge in [-0.05, 0) is 54.7 Å². The van der Waals surface area contributed by atoms with Gasteiger partial charge in [0.1, 0.15) is 0 Å². The molecule has 6 nitrogen and oxygen atoms in total. The van der Waals surface area contributed by atoms with E-state index in [1.807, 2.05) is 58.1 Å². The number of hydrogen-bond donors (Lipinski definition) is 0. The van der Waals surface area contributed by atoms with Gasteiger partial charge in [0.15, 0.2) is 0 Å². The zero-order chi connectivity index (χ0) is 21.7. The van der Waals surface area contributed by atoms with Gasteiger partial charge in [-0.1, -0.05) is 18.2 Å². The summed E-state index contributed by atoms with van der Waals surface area (Å²) < 4.78 is 1.84. The van der Waals surface area contributed by atoms with Gasteiger partial charge in [-0.2, -0.15) is 0 Å². The monoisotopic (exact) mass is 422 g/mol. The summed E-state index contributed by atoms with van der Waals surface area (Å²) >= 11 is 0. The van der Waals surface area contributed by atoms with Crippen LogP contribution in [0.4, 0.5) is 0 Å². The summed E-state index contributed by atoms with van der Waals surface area (Å²) in [6.07, 6.45) is 8.25. The molecular weight excluding hydrogens is 400 g/mol. The summed E-state index contributed by atoms with van der Waals surface area (Å²) in [5.74, 6) is -0.00581. The lowest BCUT2D eigenvalue weighted by atomic mass is 9.99. The summed E-state index contributed by atoms with van der Waals surface area (Å²) in [6, 6.07) is 15.6. The molecule has 1 aromatic carbocycles. The maximum Gasteiger partial charge on any atom is 0.254 e. The standard InChI is InChI=1S/C26H22N4O2/c31-25-13-18-9-12-29(15-19(18)16-30(25)20-5-6-20)26(32)22-14-24(17-7-10-27-11-8-17)28-23-4-2-1-3-21(22)23/h1-4,7-8,10-11,13-14,16,20H,5-6,9,12,15H2. The van der Waals surface area contributed by atoms with E-state index in [1.54, 1.807) is 18.5 Å². The number of benzene rings is 1. The molecule has 1 aliphatic carbocycles. The van der Waals surface area contributed by atoms with Gasteiger partial charge in [-0.15, -0.1) is 0 Å². The Labute approximate surface area is 185 Å². The third-order valence-electron chi connectivity index (χ3n) is 6.42. The molecule has 1 fully saturated rings. The van der Waals surface area contributed by atoms with Crippen LogP contribution < -0.4 is 5.56 Å². The van der Waals surface area contributed by atoms with Crippen molar-refractivity contribution in [2.24, 2.45) is 0 Å². The average Bonchev–Trinajstić information content (AvgIpc) is 3.68. The van der Waals surface area contributed by atoms with Crippen LogP contribution >= 0.6 is 0 Å². The number of rotatable bonds is 3. The van der Waals surface area contributed by atoms with Gasteiger partial charge in [-0.3, -0.25) is 14.6 Å². The van der Waals surface area contributed by atoms with Gasteiger partial charge in [0.05, 0.1) is 16.8 Å². The van der Waals surface area contributed by atoms with E-state index >= 15 is 0 Å². The Morgan fingerprint density at radius 2 is 1.81 bits per heavy atom. The second-order valence-electron chi connectivity index (χ2n) is 8.59. The minimum atomic E-state index is -0.00581. The summed E-state index contributed by atoms with van der Waals surface area (Å²) in [4.78, 5) is 36.9. The third-order valence-corrected chi connectivity index (χ3v) is 6.42. The number of amides is 1. The maximum absolute atomic E-state index is 13.7. The maximum atomic E-state index is 13.7. The normalized spacial score (nSPS) is 15.6. The Hall–Kier alpha value is -3.80. The SMILES string of the molecule is O=C(c1cc(-c2ccncc2)nc2ccccc12)N1CCc2cc(=O)n(C3CC3)cc2C1. The van der Waals surface area contributed by atoms with Gasteiger partial charge in [-0.25, -0.2) is 4.98 Å². The molecule has 0 saturated heterocycles. The van der Waals surface area contributed by atoms with E-state index in [9.17, 15) is 9.59 Å². The Kier molecular flexibility index (Phi) is 4.38. The van der Waals surface area contributed by atoms with E-state index in [-0.39, 0.29) is 11.5 Å². The van der Waals surface area contributed by atoms with Crippen molar-refractivity contribution in [3.63, 3.8) is 0 Å². The topological polar surface area (TPSA) is 68.1 Å². The molecule has 0 unspecified atom stereocenters. The fraction of sp³-hybridized carbons (Fsp3) is 0.231. The Bertz CT molecular complexity index is 1410. The average molecular weight is 422 g/mol. The van der Waals surface area contributed by atoms with Crippen molar-refractivity contribution in [2.75, 3.05) is 6.54 Å². The van der Waals surface area contributed by atoms with Gasteiger partial charge < -0.3 is 9.47 Å². The summed E-state index contributed by atoms with van der Waals surface area (Å²) in [7, 11) is 0. The van der Waals surface area contributed by atoms with Crippen LogP contribution in [0.1, 0.15) is 40.4 Å². The van der Waals surface area contributed by atoms with Gasteiger partial charge in [0, 0.05) is 54.7 Å². The van der Waals surface area contributed by atoms with E-state index in [0.717, 1.165) is 46.1 Å².